The van der Waals surface area contributed by atoms with Gasteiger partial charge in [0.15, 0.2) is 0 Å². The van der Waals surface area contributed by atoms with E-state index < -0.39 is 24.4 Å². The number of morpholine rings is 1. The van der Waals surface area contributed by atoms with Crippen LogP contribution in [0.2, 0.25) is 0 Å². The van der Waals surface area contributed by atoms with Crippen LogP contribution < -0.4 is 15.1 Å². The third kappa shape index (κ3) is 5.07. The molecule has 7 nitrogen and oxygen atoms in total. The molecule has 1 saturated carbocycles. The Morgan fingerprint density at radius 3 is 2.95 bits per heavy atom. The molecule has 1 aromatic heterocycles. The lowest BCUT2D eigenvalue weighted by molar-refractivity contribution is -0.170. The molecule has 2 fully saturated rings. The molecule has 0 unspecified atom stereocenters. The molecule has 5 rings (SSSR count). The molecule has 0 radical (unpaired) electrons. The number of amides is 1. The molecular weight excluding hydrogens is 478 g/mol. The Kier molecular flexibility index (Phi) is 7.18. The number of ether oxygens (including phenoxy) is 2. The summed E-state index contributed by atoms with van der Waals surface area (Å²) in [7, 11) is 0. The average molecular weight is 513 g/mol. The van der Waals surface area contributed by atoms with Crippen LogP contribution in [0.1, 0.15) is 38.7 Å². The highest BCUT2D eigenvalue weighted by molar-refractivity contribution is 6.00. The quantitative estimate of drug-likeness (QED) is 0.549. The van der Waals surface area contributed by atoms with Gasteiger partial charge in [-0.2, -0.15) is 0 Å². The molecule has 2 aromatic rings. The van der Waals surface area contributed by atoms with Crippen molar-refractivity contribution in [3.8, 4) is 0 Å². The normalized spacial score (nSPS) is 26.9. The number of nitrogens with one attached hydrogen (secondary N) is 1. The van der Waals surface area contributed by atoms with Crippen molar-refractivity contribution in [2.75, 3.05) is 34.9 Å². The molecule has 4 atom stereocenters. The predicted octanol–water partition coefficient (Wildman–Crippen LogP) is 5.29. The molecule has 9 heteroatoms. The second-order valence-corrected chi connectivity index (χ2v) is 10.1. The van der Waals surface area contributed by atoms with Crippen LogP contribution in [0.25, 0.3) is 0 Å². The van der Waals surface area contributed by atoms with Gasteiger partial charge in [0.05, 0.1) is 30.6 Å². The summed E-state index contributed by atoms with van der Waals surface area (Å²) in [4.78, 5) is 22.3. The van der Waals surface area contributed by atoms with Crippen LogP contribution in [-0.2, 0) is 20.8 Å². The second-order valence-electron chi connectivity index (χ2n) is 10.1. The third-order valence-electron chi connectivity index (χ3n) is 7.55. The van der Waals surface area contributed by atoms with E-state index in [2.05, 4.69) is 28.7 Å². The Balaban J connectivity index is 1.50. The summed E-state index contributed by atoms with van der Waals surface area (Å²) in [5.74, 6) is -3.49. The number of rotatable bonds is 5. The first-order chi connectivity index (χ1) is 17.8. The Labute approximate surface area is 216 Å². The van der Waals surface area contributed by atoms with Crippen LogP contribution in [0.5, 0.6) is 0 Å². The number of pyridine rings is 1. The molecule has 0 bridgehead atoms. The van der Waals surface area contributed by atoms with Crippen molar-refractivity contribution in [2.45, 2.75) is 63.8 Å². The smallest absolute Gasteiger partial charge is 0.274 e. The predicted molar refractivity (Wildman–Crippen MR) is 140 cm³/mol. The van der Waals surface area contributed by atoms with Crippen molar-refractivity contribution >= 4 is 28.8 Å². The maximum Gasteiger partial charge on any atom is 0.274 e. The highest BCUT2D eigenvalue weighted by Crippen LogP contribution is 2.43. The van der Waals surface area contributed by atoms with Gasteiger partial charge in [0.25, 0.3) is 5.92 Å². The van der Waals surface area contributed by atoms with E-state index in [1.807, 2.05) is 30.3 Å². The maximum absolute atomic E-state index is 14.9. The Hall–Kier alpha value is -3.04. The van der Waals surface area contributed by atoms with Gasteiger partial charge >= 0.3 is 0 Å². The summed E-state index contributed by atoms with van der Waals surface area (Å²) in [6.45, 7) is 9.34. The SMILES string of the molecule is C=C[C@@H]1CN(c2ccc3c(c2)N(C(=O)[C@@H]2CC[C@H](OCC)C(F)(F)C2)Cc2cccnc2N3)[C@H](C)CO1. The summed E-state index contributed by atoms with van der Waals surface area (Å²) in [6.07, 6.45) is 2.25. The van der Waals surface area contributed by atoms with E-state index >= 15 is 0 Å². The number of hydrogen-bond acceptors (Lipinski definition) is 6. The maximum atomic E-state index is 14.9. The van der Waals surface area contributed by atoms with Crippen LogP contribution in [0.3, 0.4) is 0 Å². The van der Waals surface area contributed by atoms with Crippen molar-refractivity contribution < 1.29 is 23.0 Å². The molecular formula is C28H34F2N4O3. The third-order valence-corrected chi connectivity index (χ3v) is 7.55. The van der Waals surface area contributed by atoms with Crippen molar-refractivity contribution in [1.29, 1.82) is 0 Å². The molecule has 1 aromatic carbocycles. The number of carbonyl (C=O) groups is 1. The highest BCUT2D eigenvalue weighted by atomic mass is 19.3. The van der Waals surface area contributed by atoms with Gasteiger partial charge in [0, 0.05) is 49.0 Å². The van der Waals surface area contributed by atoms with Crippen molar-refractivity contribution in [1.82, 2.24) is 4.98 Å². The van der Waals surface area contributed by atoms with E-state index in [0.29, 0.717) is 36.8 Å². The lowest BCUT2D eigenvalue weighted by Gasteiger charge is -2.39. The fraction of sp³-hybridized carbons (Fsp3) is 0.500. The van der Waals surface area contributed by atoms with Crippen LogP contribution in [0, 0.1) is 5.92 Å². The van der Waals surface area contributed by atoms with Crippen molar-refractivity contribution in [2.24, 2.45) is 5.92 Å². The van der Waals surface area contributed by atoms with Gasteiger partial charge < -0.3 is 24.6 Å². The average Bonchev–Trinajstić information content (AvgIpc) is 3.06. The number of benzene rings is 1. The largest absolute Gasteiger partial charge is 0.372 e. The summed E-state index contributed by atoms with van der Waals surface area (Å²) in [6, 6.07) is 9.76. The van der Waals surface area contributed by atoms with Gasteiger partial charge in [-0.3, -0.25) is 4.79 Å². The molecule has 198 valence electrons. The Morgan fingerprint density at radius 2 is 2.19 bits per heavy atom. The summed E-state index contributed by atoms with van der Waals surface area (Å²) in [5.41, 5.74) is 3.13. The molecule has 1 amide bonds. The minimum Gasteiger partial charge on any atom is -0.372 e. The highest BCUT2D eigenvalue weighted by Gasteiger charge is 2.48. The Bertz CT molecular complexity index is 1160. The topological polar surface area (TPSA) is 66.9 Å². The molecule has 3 heterocycles. The fourth-order valence-electron chi connectivity index (χ4n) is 5.53. The zero-order chi connectivity index (χ0) is 26.2. The molecule has 37 heavy (non-hydrogen) atoms. The van der Waals surface area contributed by atoms with Crippen LogP contribution in [0.15, 0.2) is 49.2 Å². The van der Waals surface area contributed by atoms with Gasteiger partial charge in [-0.1, -0.05) is 12.1 Å². The molecule has 0 spiro atoms. The van der Waals surface area contributed by atoms with E-state index in [1.165, 1.54) is 0 Å². The van der Waals surface area contributed by atoms with Gasteiger partial charge in [-0.05, 0) is 51.0 Å². The van der Waals surface area contributed by atoms with Gasteiger partial charge in [-0.25, -0.2) is 13.8 Å². The number of fused-ring (bicyclic) bond motifs is 2. The second kappa shape index (κ2) is 10.4. The standard InChI is InChI=1S/C28H34F2N4O3/c1-4-22-16-33(18(3)17-37-22)21-9-10-23-24(13-21)34(15-20-7-6-12-31-26(20)32-23)27(35)19-8-11-25(36-5-2)28(29,30)14-19/h4,6-7,9-10,12-13,18-19,22,25H,1,5,8,11,14-17H2,2-3H3,(H,31,32)/t18-,19-,22-,25+/m1/s1. The number of anilines is 4. The van der Waals surface area contributed by atoms with Crippen LogP contribution in [-0.4, -0.2) is 54.8 Å². The lowest BCUT2D eigenvalue weighted by atomic mass is 9.83. The van der Waals surface area contributed by atoms with Crippen LogP contribution in [0.4, 0.5) is 31.7 Å². The first kappa shape index (κ1) is 25.6. The van der Waals surface area contributed by atoms with Crippen molar-refractivity contribution in [3.05, 3.63) is 54.7 Å². The summed E-state index contributed by atoms with van der Waals surface area (Å²) in [5, 5.41) is 3.36. The molecule has 1 N–H and O–H groups in total. The first-order valence-electron chi connectivity index (χ1n) is 13.0. The van der Waals surface area contributed by atoms with E-state index in [1.54, 1.807) is 24.1 Å². The van der Waals surface area contributed by atoms with E-state index in [0.717, 1.165) is 11.3 Å². The number of nitrogens with zero attached hydrogens (tertiary/aromatic N) is 3. The minimum atomic E-state index is -3.05. The fourth-order valence-corrected chi connectivity index (χ4v) is 5.53. The zero-order valence-electron chi connectivity index (χ0n) is 21.3. The molecule has 3 aliphatic rings. The van der Waals surface area contributed by atoms with E-state index in [-0.39, 0.29) is 37.6 Å². The summed E-state index contributed by atoms with van der Waals surface area (Å²) < 4.78 is 41.0. The lowest BCUT2D eigenvalue weighted by Crippen LogP contribution is -2.48. The monoisotopic (exact) mass is 512 g/mol. The van der Waals surface area contributed by atoms with Crippen LogP contribution >= 0.6 is 0 Å². The van der Waals surface area contributed by atoms with E-state index in [9.17, 15) is 13.6 Å². The Morgan fingerprint density at radius 1 is 1.35 bits per heavy atom. The first-order valence-corrected chi connectivity index (χ1v) is 13.0. The van der Waals surface area contributed by atoms with Gasteiger partial charge in [0.2, 0.25) is 5.91 Å². The molecule has 1 aliphatic carbocycles. The van der Waals surface area contributed by atoms with Crippen molar-refractivity contribution in [3.63, 3.8) is 0 Å². The number of carbonyl (C=O) groups excluding carboxylic acids is 1. The number of aromatic nitrogens is 1. The number of alkyl halides is 2. The van der Waals surface area contributed by atoms with Gasteiger partial charge in [0.1, 0.15) is 11.9 Å². The zero-order valence-corrected chi connectivity index (χ0v) is 21.3. The summed E-state index contributed by atoms with van der Waals surface area (Å²) >= 11 is 0. The molecule has 1 saturated heterocycles. The van der Waals surface area contributed by atoms with E-state index in [4.69, 9.17) is 9.47 Å². The van der Waals surface area contributed by atoms with Gasteiger partial charge in [-0.15, -0.1) is 6.58 Å². The molecule has 2 aliphatic heterocycles. The minimum absolute atomic E-state index is 0.0953. The number of hydrogen-bond donors (Lipinski definition) is 1. The number of halogens is 2.